The number of aromatic nitrogens is 1. The molecule has 2 aromatic rings. The molecule has 2 heterocycles. The van der Waals surface area contributed by atoms with Gasteiger partial charge in [-0.1, -0.05) is 24.1 Å². The maximum atomic E-state index is 12.7. The SMILES string of the molecule is C#CCN1C(=O)[C@@](O)(CC(=O)c2cccnc2)c2ccccc21. The number of rotatable bonds is 4. The van der Waals surface area contributed by atoms with E-state index in [0.29, 0.717) is 16.8 Å². The molecule has 0 bridgehead atoms. The van der Waals surface area contributed by atoms with E-state index in [0.717, 1.165) is 0 Å². The number of hydrogen-bond donors (Lipinski definition) is 1. The second kappa shape index (κ2) is 5.67. The highest BCUT2D eigenvalue weighted by atomic mass is 16.3. The Balaban J connectivity index is 1.99. The summed E-state index contributed by atoms with van der Waals surface area (Å²) >= 11 is 0. The van der Waals surface area contributed by atoms with Crippen molar-refractivity contribution < 1.29 is 14.7 Å². The van der Waals surface area contributed by atoms with Crippen LogP contribution in [-0.2, 0) is 10.4 Å². The number of carbonyl (C=O) groups excluding carboxylic acids is 2. The van der Waals surface area contributed by atoms with Gasteiger partial charge in [0.1, 0.15) is 0 Å². The molecule has 5 heteroatoms. The van der Waals surface area contributed by atoms with Crippen LogP contribution in [0.25, 0.3) is 0 Å². The Bertz CT molecular complexity index is 811. The average Bonchev–Trinajstić information content (AvgIpc) is 2.78. The van der Waals surface area contributed by atoms with Crippen LogP contribution in [0, 0.1) is 12.3 Å². The number of fused-ring (bicyclic) bond motifs is 1. The summed E-state index contributed by atoms with van der Waals surface area (Å²) < 4.78 is 0. The second-order valence-electron chi connectivity index (χ2n) is 5.31. The van der Waals surface area contributed by atoms with Gasteiger partial charge < -0.3 is 5.11 Å². The van der Waals surface area contributed by atoms with Gasteiger partial charge in [-0.3, -0.25) is 19.5 Å². The van der Waals surface area contributed by atoms with Gasteiger partial charge in [0.15, 0.2) is 11.4 Å². The topological polar surface area (TPSA) is 70.5 Å². The number of terminal acetylenes is 1. The zero-order chi connectivity index (χ0) is 16.4. The summed E-state index contributed by atoms with van der Waals surface area (Å²) in [6, 6.07) is 10.0. The van der Waals surface area contributed by atoms with Crippen molar-refractivity contribution in [1.82, 2.24) is 4.98 Å². The van der Waals surface area contributed by atoms with E-state index in [1.165, 1.54) is 11.1 Å². The van der Waals surface area contributed by atoms with Gasteiger partial charge in [-0.05, 0) is 18.2 Å². The van der Waals surface area contributed by atoms with Crippen LogP contribution in [-0.4, -0.2) is 28.3 Å². The van der Waals surface area contributed by atoms with Crippen LogP contribution in [0.5, 0.6) is 0 Å². The minimum absolute atomic E-state index is 0.0409. The Morgan fingerprint density at radius 3 is 2.78 bits per heavy atom. The van der Waals surface area contributed by atoms with Gasteiger partial charge in [-0.25, -0.2) is 0 Å². The number of carbonyl (C=O) groups is 2. The van der Waals surface area contributed by atoms with Crippen LogP contribution < -0.4 is 4.90 Å². The summed E-state index contributed by atoms with van der Waals surface area (Å²) in [6.07, 6.45) is 7.92. The molecule has 1 aliphatic heterocycles. The summed E-state index contributed by atoms with van der Waals surface area (Å²) in [5.74, 6) is 1.47. The van der Waals surface area contributed by atoms with Crippen LogP contribution in [0.4, 0.5) is 5.69 Å². The normalized spacial score (nSPS) is 19.3. The number of benzene rings is 1. The van der Waals surface area contributed by atoms with Crippen molar-refractivity contribution in [3.8, 4) is 12.3 Å². The van der Waals surface area contributed by atoms with Gasteiger partial charge in [0.25, 0.3) is 5.91 Å². The molecule has 1 aromatic heterocycles. The minimum atomic E-state index is -1.90. The molecule has 0 saturated carbocycles. The fraction of sp³-hybridized carbons (Fsp3) is 0.167. The molecule has 0 spiro atoms. The molecule has 1 N–H and O–H groups in total. The number of para-hydroxylation sites is 1. The van der Waals surface area contributed by atoms with E-state index in [-0.39, 0.29) is 18.7 Å². The number of pyridine rings is 1. The van der Waals surface area contributed by atoms with Crippen molar-refractivity contribution in [2.75, 3.05) is 11.4 Å². The molecule has 1 atom stereocenters. The van der Waals surface area contributed by atoms with Gasteiger partial charge in [-0.15, -0.1) is 6.42 Å². The van der Waals surface area contributed by atoms with E-state index < -0.39 is 11.5 Å². The van der Waals surface area contributed by atoms with Gasteiger partial charge >= 0.3 is 0 Å². The molecule has 1 aromatic carbocycles. The molecule has 114 valence electrons. The van der Waals surface area contributed by atoms with Gasteiger partial charge in [0.2, 0.25) is 0 Å². The summed E-state index contributed by atoms with van der Waals surface area (Å²) in [4.78, 5) is 30.3. The van der Waals surface area contributed by atoms with Crippen molar-refractivity contribution in [2.24, 2.45) is 0 Å². The number of nitrogens with zero attached hydrogens (tertiary/aromatic N) is 2. The Labute approximate surface area is 133 Å². The van der Waals surface area contributed by atoms with Crippen molar-refractivity contribution >= 4 is 17.4 Å². The Morgan fingerprint density at radius 1 is 1.30 bits per heavy atom. The summed E-state index contributed by atoms with van der Waals surface area (Å²) in [7, 11) is 0. The van der Waals surface area contributed by atoms with Crippen LogP contribution in [0.15, 0.2) is 48.8 Å². The Morgan fingerprint density at radius 2 is 2.09 bits per heavy atom. The van der Waals surface area contributed by atoms with E-state index >= 15 is 0 Å². The fourth-order valence-corrected chi connectivity index (χ4v) is 2.79. The number of Topliss-reactive ketones (excluding diaryl/α,β-unsaturated/α-hetero) is 1. The predicted octanol–water partition coefficient (Wildman–Crippen LogP) is 1.52. The average molecular weight is 306 g/mol. The number of ketones is 1. The molecule has 0 unspecified atom stereocenters. The maximum absolute atomic E-state index is 12.7. The molecule has 3 rings (SSSR count). The lowest BCUT2D eigenvalue weighted by molar-refractivity contribution is -0.135. The lowest BCUT2D eigenvalue weighted by Gasteiger charge is -2.21. The highest BCUT2D eigenvalue weighted by Gasteiger charge is 2.50. The summed E-state index contributed by atoms with van der Waals surface area (Å²) in [5.41, 5.74) is -0.614. The Kier molecular flexibility index (Phi) is 3.68. The van der Waals surface area contributed by atoms with Crippen molar-refractivity contribution in [3.63, 3.8) is 0 Å². The third-order valence-corrected chi connectivity index (χ3v) is 3.89. The van der Waals surface area contributed by atoms with Crippen molar-refractivity contribution in [1.29, 1.82) is 0 Å². The van der Waals surface area contributed by atoms with E-state index in [4.69, 9.17) is 6.42 Å². The fourth-order valence-electron chi connectivity index (χ4n) is 2.79. The van der Waals surface area contributed by atoms with Gasteiger partial charge in [0, 0.05) is 23.5 Å². The maximum Gasteiger partial charge on any atom is 0.265 e. The van der Waals surface area contributed by atoms with E-state index in [1.807, 2.05) is 0 Å². The first-order valence-corrected chi connectivity index (χ1v) is 7.08. The first kappa shape index (κ1) is 14.9. The molecule has 0 aliphatic carbocycles. The first-order chi connectivity index (χ1) is 11.1. The highest BCUT2D eigenvalue weighted by Crippen LogP contribution is 2.42. The molecule has 1 aliphatic rings. The largest absolute Gasteiger partial charge is 0.375 e. The number of amides is 1. The molecule has 1 amide bonds. The van der Waals surface area contributed by atoms with Gasteiger partial charge in [0.05, 0.1) is 18.7 Å². The molecule has 0 radical (unpaired) electrons. The zero-order valence-corrected chi connectivity index (χ0v) is 12.3. The second-order valence-corrected chi connectivity index (χ2v) is 5.31. The lowest BCUT2D eigenvalue weighted by Crippen LogP contribution is -2.42. The summed E-state index contributed by atoms with van der Waals surface area (Å²) in [5, 5.41) is 10.9. The highest BCUT2D eigenvalue weighted by molar-refractivity contribution is 6.10. The summed E-state index contributed by atoms with van der Waals surface area (Å²) in [6.45, 7) is 0.0409. The monoisotopic (exact) mass is 306 g/mol. The number of aliphatic hydroxyl groups is 1. The Hall–Kier alpha value is -2.97. The third kappa shape index (κ3) is 2.39. The molecule has 0 fully saturated rings. The number of hydrogen-bond acceptors (Lipinski definition) is 4. The smallest absolute Gasteiger partial charge is 0.265 e. The standard InChI is InChI=1S/C18H14N2O3/c1-2-10-20-15-8-4-3-7-14(15)18(23,17(20)22)11-16(21)13-6-5-9-19-12-13/h1,3-9,12,23H,10-11H2/t18-/m1/s1. The van der Waals surface area contributed by atoms with Crippen LogP contribution >= 0.6 is 0 Å². The van der Waals surface area contributed by atoms with Crippen LogP contribution in [0.3, 0.4) is 0 Å². The lowest BCUT2D eigenvalue weighted by atomic mass is 9.88. The molecular weight excluding hydrogens is 292 g/mol. The minimum Gasteiger partial charge on any atom is -0.375 e. The quantitative estimate of drug-likeness (QED) is 0.687. The van der Waals surface area contributed by atoms with Gasteiger partial charge in [-0.2, -0.15) is 0 Å². The third-order valence-electron chi connectivity index (χ3n) is 3.89. The molecule has 23 heavy (non-hydrogen) atoms. The van der Waals surface area contributed by atoms with Crippen molar-refractivity contribution in [3.05, 3.63) is 59.9 Å². The van der Waals surface area contributed by atoms with E-state index in [9.17, 15) is 14.7 Å². The van der Waals surface area contributed by atoms with E-state index in [2.05, 4.69) is 10.9 Å². The molecule has 0 saturated heterocycles. The van der Waals surface area contributed by atoms with E-state index in [1.54, 1.807) is 42.6 Å². The number of anilines is 1. The molecular formula is C18H14N2O3. The van der Waals surface area contributed by atoms with Crippen LogP contribution in [0.1, 0.15) is 22.3 Å². The predicted molar refractivity (Wildman–Crippen MR) is 84.7 cm³/mol. The molecule has 5 nitrogen and oxygen atoms in total. The first-order valence-electron chi connectivity index (χ1n) is 7.08. The van der Waals surface area contributed by atoms with Crippen LogP contribution in [0.2, 0.25) is 0 Å². The zero-order valence-electron chi connectivity index (χ0n) is 12.3. The van der Waals surface area contributed by atoms with Crippen molar-refractivity contribution in [2.45, 2.75) is 12.0 Å².